The standard InChI is InChI=1S/C30H39NO7/c1-15-7-18-23(19(32)8-15)17(3)30(35)25-27(18,13-37-30)10-21-26(4,28(25)11-22(33)36-14-28)5-6-29-9-16(2)24(34)20(38-29)12-31(21)29/h8,10,16-18,20,23-25,34-35H,5-7,9,11-14H2,1-4H3/t16-,17-,18-,20+,23+,24+,25+,26-,27-,28-,29+,30?/m1/s1. The first kappa shape index (κ1) is 24.1. The number of nitrogens with zero attached hydrogens (tertiary/aromatic N) is 1. The number of esters is 1. The Morgan fingerprint density at radius 1 is 1.16 bits per heavy atom. The molecule has 8 nitrogen and oxygen atoms in total. The Balaban J connectivity index is 1.39. The number of piperidine rings is 1. The molecule has 1 unspecified atom stereocenters. The number of hydrogen-bond acceptors (Lipinski definition) is 8. The number of fused-ring (bicyclic) bond motifs is 5. The highest BCUT2D eigenvalue weighted by Gasteiger charge is 2.81. The predicted octanol–water partition coefficient (Wildman–Crippen LogP) is 2.54. The molecule has 8 rings (SSSR count). The zero-order chi connectivity index (χ0) is 26.6. The highest BCUT2D eigenvalue weighted by Crippen LogP contribution is 2.78. The fourth-order valence-corrected chi connectivity index (χ4v) is 11.1. The van der Waals surface area contributed by atoms with Crippen molar-refractivity contribution >= 4 is 11.8 Å². The van der Waals surface area contributed by atoms with E-state index in [0.717, 1.165) is 37.0 Å². The monoisotopic (exact) mass is 525 g/mol. The molecule has 2 spiro atoms. The second-order valence-corrected chi connectivity index (χ2v) is 14.3. The molecule has 8 aliphatic rings. The van der Waals surface area contributed by atoms with E-state index in [-0.39, 0.29) is 54.6 Å². The average molecular weight is 526 g/mol. The van der Waals surface area contributed by atoms with Gasteiger partial charge < -0.3 is 29.3 Å². The molecule has 8 heteroatoms. The van der Waals surface area contributed by atoms with Gasteiger partial charge in [0.2, 0.25) is 0 Å². The van der Waals surface area contributed by atoms with Crippen molar-refractivity contribution in [2.75, 3.05) is 19.8 Å². The fourth-order valence-electron chi connectivity index (χ4n) is 11.1. The Kier molecular flexibility index (Phi) is 4.40. The Bertz CT molecular complexity index is 1230. The normalized spacial score (nSPS) is 58.1. The lowest BCUT2D eigenvalue weighted by Gasteiger charge is -2.68. The summed E-state index contributed by atoms with van der Waals surface area (Å²) in [5.41, 5.74) is -0.00357. The molecule has 0 aromatic carbocycles. The van der Waals surface area contributed by atoms with Crippen LogP contribution >= 0.6 is 0 Å². The Morgan fingerprint density at radius 2 is 1.95 bits per heavy atom. The maximum absolute atomic E-state index is 13.5. The van der Waals surface area contributed by atoms with Crippen LogP contribution in [0.1, 0.15) is 59.8 Å². The van der Waals surface area contributed by atoms with E-state index in [2.05, 4.69) is 24.8 Å². The van der Waals surface area contributed by atoms with E-state index >= 15 is 0 Å². The minimum atomic E-state index is -1.52. The van der Waals surface area contributed by atoms with Crippen LogP contribution in [0.4, 0.5) is 0 Å². The van der Waals surface area contributed by atoms with Crippen LogP contribution in [0.25, 0.3) is 0 Å². The summed E-state index contributed by atoms with van der Waals surface area (Å²) in [5, 5.41) is 23.4. The number of aliphatic hydroxyl groups is 2. The molecule has 5 heterocycles. The quantitative estimate of drug-likeness (QED) is 0.465. The molecule has 12 atom stereocenters. The van der Waals surface area contributed by atoms with Crippen molar-refractivity contribution in [3.63, 3.8) is 0 Å². The Morgan fingerprint density at radius 3 is 2.68 bits per heavy atom. The molecule has 1 saturated carbocycles. The van der Waals surface area contributed by atoms with Crippen molar-refractivity contribution in [1.29, 1.82) is 0 Å². The topological polar surface area (TPSA) is 106 Å². The van der Waals surface area contributed by atoms with E-state index in [1.54, 1.807) is 6.08 Å². The van der Waals surface area contributed by atoms with Gasteiger partial charge in [0.15, 0.2) is 11.6 Å². The zero-order valence-electron chi connectivity index (χ0n) is 22.7. The number of cyclic esters (lactones) is 1. The van der Waals surface area contributed by atoms with Crippen LogP contribution in [0.3, 0.4) is 0 Å². The summed E-state index contributed by atoms with van der Waals surface area (Å²) >= 11 is 0. The number of rotatable bonds is 0. The molecule has 5 aliphatic heterocycles. The number of hydrogen-bond donors (Lipinski definition) is 2. The first-order valence-corrected chi connectivity index (χ1v) is 14.5. The van der Waals surface area contributed by atoms with Gasteiger partial charge in [0.25, 0.3) is 0 Å². The SMILES string of the molecule is CC1=CC(=O)[C@H]2[C@@H](C)C3(O)OC[C@]4(C=C5N6C[C@@H]7O[C@@]6(CC[C@@]5(C)[C@]5(COC(=O)C5)[C@@H]34)C[C@@H](C)[C@@H]7O)[C@@H]2C1. The van der Waals surface area contributed by atoms with Gasteiger partial charge in [-0.1, -0.05) is 32.4 Å². The van der Waals surface area contributed by atoms with Crippen LogP contribution < -0.4 is 0 Å². The summed E-state index contributed by atoms with van der Waals surface area (Å²) in [6, 6.07) is 0. The van der Waals surface area contributed by atoms with Gasteiger partial charge >= 0.3 is 5.97 Å². The molecule has 0 aromatic heterocycles. The van der Waals surface area contributed by atoms with E-state index < -0.39 is 39.8 Å². The van der Waals surface area contributed by atoms with Crippen LogP contribution in [0.5, 0.6) is 0 Å². The maximum Gasteiger partial charge on any atom is 0.306 e. The molecule has 3 aliphatic carbocycles. The van der Waals surface area contributed by atoms with Crippen LogP contribution in [-0.4, -0.2) is 70.3 Å². The molecule has 2 N–H and O–H groups in total. The largest absolute Gasteiger partial charge is 0.465 e. The lowest BCUT2D eigenvalue weighted by atomic mass is 9.37. The summed E-state index contributed by atoms with van der Waals surface area (Å²) in [7, 11) is 0. The zero-order valence-corrected chi connectivity index (χ0v) is 22.7. The molecule has 4 bridgehead atoms. The minimum absolute atomic E-state index is 0.0299. The Labute approximate surface area is 223 Å². The fraction of sp³-hybridized carbons (Fsp3) is 0.800. The number of carbonyl (C=O) groups is 2. The number of aliphatic hydroxyl groups excluding tert-OH is 1. The van der Waals surface area contributed by atoms with Crippen molar-refractivity contribution in [3.8, 4) is 0 Å². The predicted molar refractivity (Wildman–Crippen MR) is 134 cm³/mol. The third-order valence-corrected chi connectivity index (χ3v) is 12.8. The second-order valence-electron chi connectivity index (χ2n) is 14.3. The molecule has 5 saturated heterocycles. The van der Waals surface area contributed by atoms with Gasteiger partial charge in [-0.25, -0.2) is 0 Å². The number of carbonyl (C=O) groups excluding carboxylic acids is 2. The van der Waals surface area contributed by atoms with Crippen molar-refractivity contribution in [1.82, 2.24) is 4.90 Å². The number of ether oxygens (including phenoxy) is 3. The van der Waals surface area contributed by atoms with Gasteiger partial charge in [-0.2, -0.15) is 0 Å². The van der Waals surface area contributed by atoms with Crippen molar-refractivity contribution in [2.45, 2.75) is 83.5 Å². The van der Waals surface area contributed by atoms with Crippen LogP contribution in [0.15, 0.2) is 23.4 Å². The highest BCUT2D eigenvalue weighted by atomic mass is 16.6. The van der Waals surface area contributed by atoms with Crippen LogP contribution in [0.2, 0.25) is 0 Å². The van der Waals surface area contributed by atoms with E-state index in [4.69, 9.17) is 14.2 Å². The Hall–Kier alpha value is -1.74. The molecule has 0 radical (unpaired) electrons. The molecule has 0 aromatic rings. The van der Waals surface area contributed by atoms with Gasteiger partial charge in [-0.15, -0.1) is 0 Å². The summed E-state index contributed by atoms with van der Waals surface area (Å²) in [6.45, 7) is 9.51. The van der Waals surface area contributed by atoms with Crippen molar-refractivity contribution in [3.05, 3.63) is 23.4 Å². The second kappa shape index (κ2) is 6.93. The number of ketones is 1. The lowest BCUT2D eigenvalue weighted by molar-refractivity contribution is -0.294. The van der Waals surface area contributed by atoms with E-state index in [1.165, 1.54) is 0 Å². The van der Waals surface area contributed by atoms with E-state index in [0.29, 0.717) is 13.2 Å². The first-order chi connectivity index (χ1) is 17.9. The van der Waals surface area contributed by atoms with Crippen LogP contribution in [0, 0.1) is 45.8 Å². The molecular formula is C30H39NO7. The third kappa shape index (κ3) is 2.42. The van der Waals surface area contributed by atoms with Crippen molar-refractivity contribution in [2.24, 2.45) is 45.8 Å². The van der Waals surface area contributed by atoms with Gasteiger partial charge in [0.1, 0.15) is 11.8 Å². The first-order valence-electron chi connectivity index (χ1n) is 14.5. The van der Waals surface area contributed by atoms with Crippen LogP contribution in [-0.2, 0) is 23.8 Å². The van der Waals surface area contributed by atoms with Gasteiger partial charge in [-0.05, 0) is 44.1 Å². The average Bonchev–Trinajstić information content (AvgIpc) is 3.49. The smallest absolute Gasteiger partial charge is 0.306 e. The summed E-state index contributed by atoms with van der Waals surface area (Å²) in [5.74, 6) is -2.67. The van der Waals surface area contributed by atoms with E-state index in [1.807, 2.05) is 13.8 Å². The molecule has 6 fully saturated rings. The summed E-state index contributed by atoms with van der Waals surface area (Å²) < 4.78 is 18.9. The molecular weight excluding hydrogens is 486 g/mol. The summed E-state index contributed by atoms with van der Waals surface area (Å²) in [4.78, 5) is 28.9. The number of allylic oxidation sites excluding steroid dienone is 3. The summed E-state index contributed by atoms with van der Waals surface area (Å²) in [6.07, 6.45) is 6.69. The van der Waals surface area contributed by atoms with Crippen molar-refractivity contribution < 1.29 is 34.0 Å². The lowest BCUT2D eigenvalue weighted by Crippen LogP contribution is -2.71. The van der Waals surface area contributed by atoms with Gasteiger partial charge in [0, 0.05) is 52.7 Å². The van der Waals surface area contributed by atoms with Gasteiger partial charge in [-0.3, -0.25) is 9.59 Å². The molecule has 0 amide bonds. The highest BCUT2D eigenvalue weighted by molar-refractivity contribution is 5.94. The van der Waals surface area contributed by atoms with Gasteiger partial charge in [0.05, 0.1) is 25.7 Å². The van der Waals surface area contributed by atoms with E-state index in [9.17, 15) is 19.8 Å². The minimum Gasteiger partial charge on any atom is -0.465 e. The molecule has 206 valence electrons. The maximum atomic E-state index is 13.5. The third-order valence-electron chi connectivity index (χ3n) is 12.8. The molecule has 38 heavy (non-hydrogen) atoms.